The van der Waals surface area contributed by atoms with Crippen molar-refractivity contribution in [3.8, 4) is 0 Å². The Balaban J connectivity index is 1.37. The van der Waals surface area contributed by atoms with Gasteiger partial charge in [-0.3, -0.25) is 4.79 Å². The molecule has 25 heavy (non-hydrogen) atoms. The molecular formula is C20H29N3O2. The molecule has 0 radical (unpaired) electrons. The van der Waals surface area contributed by atoms with Crippen LogP contribution in [0, 0.1) is 5.41 Å². The summed E-state index contributed by atoms with van der Waals surface area (Å²) in [6, 6.07) is 8.58. The van der Waals surface area contributed by atoms with E-state index in [0.717, 1.165) is 32.2 Å². The maximum atomic E-state index is 12.0. The largest absolute Gasteiger partial charge is 0.356 e. The van der Waals surface area contributed by atoms with Gasteiger partial charge in [-0.15, -0.1) is 0 Å². The van der Waals surface area contributed by atoms with Gasteiger partial charge < -0.3 is 16.0 Å². The average molecular weight is 343 g/mol. The predicted octanol–water partition coefficient (Wildman–Crippen LogP) is 2.49. The minimum atomic E-state index is -0.202. The van der Waals surface area contributed by atoms with Crippen LogP contribution in [0.25, 0.3) is 0 Å². The summed E-state index contributed by atoms with van der Waals surface area (Å²) in [6.07, 6.45) is 3.24. The average Bonchev–Trinajstić information content (AvgIpc) is 2.88. The third-order valence-electron chi connectivity index (χ3n) is 5.50. The molecule has 1 saturated carbocycles. The smallest absolute Gasteiger partial charge is 0.315 e. The first-order chi connectivity index (χ1) is 11.8. The lowest BCUT2D eigenvalue weighted by Gasteiger charge is -2.42. The Morgan fingerprint density at radius 1 is 1.24 bits per heavy atom. The first kappa shape index (κ1) is 17.8. The maximum absolute atomic E-state index is 12.0. The van der Waals surface area contributed by atoms with Crippen LogP contribution in [0.15, 0.2) is 24.3 Å². The number of amides is 3. The lowest BCUT2D eigenvalue weighted by Crippen LogP contribution is -2.55. The number of urea groups is 1. The quantitative estimate of drug-likeness (QED) is 0.786. The molecule has 3 rings (SSSR count). The third kappa shape index (κ3) is 3.97. The topological polar surface area (TPSA) is 70.2 Å². The van der Waals surface area contributed by atoms with Gasteiger partial charge in [-0.05, 0) is 42.2 Å². The number of hydrogen-bond donors (Lipinski definition) is 3. The minimum absolute atomic E-state index is 0.120. The molecule has 136 valence electrons. The van der Waals surface area contributed by atoms with Crippen LogP contribution < -0.4 is 16.0 Å². The highest BCUT2D eigenvalue weighted by molar-refractivity contribution is 5.86. The SMILES string of the molecule is CC(C)(C)c1ccc(CCNC(=O)NC2CC3(CCNC3=O)C2)cc1. The van der Waals surface area contributed by atoms with E-state index in [1.807, 2.05) is 0 Å². The van der Waals surface area contributed by atoms with Gasteiger partial charge in [0.25, 0.3) is 0 Å². The van der Waals surface area contributed by atoms with E-state index in [2.05, 4.69) is 61.0 Å². The van der Waals surface area contributed by atoms with Gasteiger partial charge in [0.1, 0.15) is 0 Å². The lowest BCUT2D eigenvalue weighted by molar-refractivity contribution is -0.133. The molecule has 0 unspecified atom stereocenters. The van der Waals surface area contributed by atoms with Crippen molar-refractivity contribution >= 4 is 11.9 Å². The van der Waals surface area contributed by atoms with Gasteiger partial charge in [-0.25, -0.2) is 4.79 Å². The van der Waals surface area contributed by atoms with Crippen LogP contribution in [-0.2, 0) is 16.6 Å². The molecular weight excluding hydrogens is 314 g/mol. The zero-order chi connectivity index (χ0) is 18.1. The normalized spacial score (nSPS) is 25.4. The van der Waals surface area contributed by atoms with Crippen LogP contribution in [-0.4, -0.2) is 31.1 Å². The van der Waals surface area contributed by atoms with E-state index in [1.54, 1.807) is 0 Å². The predicted molar refractivity (Wildman–Crippen MR) is 98.5 cm³/mol. The van der Waals surface area contributed by atoms with Crippen LogP contribution in [0.1, 0.15) is 51.2 Å². The molecule has 2 fully saturated rings. The highest BCUT2D eigenvalue weighted by atomic mass is 16.2. The number of rotatable bonds is 4. The standard InChI is InChI=1S/C20H29N3O2/c1-19(2,3)15-6-4-14(5-7-15)8-10-22-18(25)23-16-12-20(13-16)9-11-21-17(20)24/h4-7,16H,8-13H2,1-3H3,(H,21,24)(H2,22,23,25). The summed E-state index contributed by atoms with van der Waals surface area (Å²) >= 11 is 0. The van der Waals surface area contributed by atoms with E-state index in [-0.39, 0.29) is 28.8 Å². The van der Waals surface area contributed by atoms with Gasteiger partial charge in [0, 0.05) is 19.1 Å². The summed E-state index contributed by atoms with van der Waals surface area (Å²) in [6.45, 7) is 7.99. The van der Waals surface area contributed by atoms with Crippen LogP contribution in [0.2, 0.25) is 0 Å². The molecule has 0 atom stereocenters. The van der Waals surface area contributed by atoms with E-state index < -0.39 is 0 Å². The summed E-state index contributed by atoms with van der Waals surface area (Å²) in [5.74, 6) is 0.157. The van der Waals surface area contributed by atoms with Crippen molar-refractivity contribution in [2.45, 2.75) is 57.9 Å². The van der Waals surface area contributed by atoms with Crippen molar-refractivity contribution in [2.24, 2.45) is 5.41 Å². The summed E-state index contributed by atoms with van der Waals surface area (Å²) in [7, 11) is 0. The molecule has 5 nitrogen and oxygen atoms in total. The Bertz CT molecular complexity index is 640. The van der Waals surface area contributed by atoms with Crippen LogP contribution in [0.4, 0.5) is 4.79 Å². The Kier molecular flexibility index (Phi) is 4.76. The van der Waals surface area contributed by atoms with Crippen LogP contribution >= 0.6 is 0 Å². The van der Waals surface area contributed by atoms with Crippen molar-refractivity contribution < 1.29 is 9.59 Å². The lowest BCUT2D eigenvalue weighted by atomic mass is 9.64. The molecule has 0 bridgehead atoms. The zero-order valence-electron chi connectivity index (χ0n) is 15.4. The fourth-order valence-corrected chi connectivity index (χ4v) is 3.82. The molecule has 2 aliphatic rings. The van der Waals surface area contributed by atoms with Crippen molar-refractivity contribution in [1.82, 2.24) is 16.0 Å². The van der Waals surface area contributed by atoms with E-state index in [9.17, 15) is 9.59 Å². The Morgan fingerprint density at radius 3 is 2.48 bits per heavy atom. The highest BCUT2D eigenvalue weighted by Gasteiger charge is 2.52. The fraction of sp³-hybridized carbons (Fsp3) is 0.600. The Labute approximate surface area is 150 Å². The first-order valence-corrected chi connectivity index (χ1v) is 9.21. The van der Waals surface area contributed by atoms with Crippen molar-refractivity contribution in [2.75, 3.05) is 13.1 Å². The molecule has 5 heteroatoms. The molecule has 1 aliphatic carbocycles. The molecule has 1 aromatic carbocycles. The van der Waals surface area contributed by atoms with Crippen molar-refractivity contribution in [3.05, 3.63) is 35.4 Å². The van der Waals surface area contributed by atoms with E-state index >= 15 is 0 Å². The molecule has 3 N–H and O–H groups in total. The summed E-state index contributed by atoms with van der Waals surface area (Å²) in [5, 5.41) is 8.77. The molecule has 3 amide bonds. The van der Waals surface area contributed by atoms with Gasteiger partial charge in [0.2, 0.25) is 5.91 Å². The molecule has 1 aliphatic heterocycles. The monoisotopic (exact) mass is 343 g/mol. The third-order valence-corrected chi connectivity index (χ3v) is 5.50. The second kappa shape index (κ2) is 6.70. The Hall–Kier alpha value is -2.04. The summed E-state index contributed by atoms with van der Waals surface area (Å²) in [5.41, 5.74) is 2.50. The van der Waals surface area contributed by atoms with E-state index in [1.165, 1.54) is 11.1 Å². The number of carbonyl (C=O) groups excluding carboxylic acids is 2. The maximum Gasteiger partial charge on any atom is 0.315 e. The van der Waals surface area contributed by atoms with Gasteiger partial charge in [-0.2, -0.15) is 0 Å². The number of carbonyl (C=O) groups is 2. The second-order valence-corrected chi connectivity index (χ2v) is 8.49. The number of nitrogens with one attached hydrogen (secondary N) is 3. The summed E-state index contributed by atoms with van der Waals surface area (Å²) in [4.78, 5) is 23.8. The van der Waals surface area contributed by atoms with Gasteiger partial charge >= 0.3 is 6.03 Å². The van der Waals surface area contributed by atoms with Crippen LogP contribution in [0.3, 0.4) is 0 Å². The summed E-state index contributed by atoms with van der Waals surface area (Å²) < 4.78 is 0. The Morgan fingerprint density at radius 2 is 1.92 bits per heavy atom. The molecule has 1 aromatic rings. The fourth-order valence-electron chi connectivity index (χ4n) is 3.82. The molecule has 1 saturated heterocycles. The van der Waals surface area contributed by atoms with Gasteiger partial charge in [0.15, 0.2) is 0 Å². The number of hydrogen-bond acceptors (Lipinski definition) is 2. The van der Waals surface area contributed by atoms with E-state index in [0.29, 0.717) is 6.54 Å². The van der Waals surface area contributed by atoms with Crippen molar-refractivity contribution in [1.29, 1.82) is 0 Å². The molecule has 0 aromatic heterocycles. The van der Waals surface area contributed by atoms with Gasteiger partial charge in [-0.1, -0.05) is 45.0 Å². The van der Waals surface area contributed by atoms with E-state index in [4.69, 9.17) is 0 Å². The zero-order valence-corrected chi connectivity index (χ0v) is 15.4. The van der Waals surface area contributed by atoms with Crippen LogP contribution in [0.5, 0.6) is 0 Å². The first-order valence-electron chi connectivity index (χ1n) is 9.21. The highest BCUT2D eigenvalue weighted by Crippen LogP contribution is 2.46. The van der Waals surface area contributed by atoms with Gasteiger partial charge in [0.05, 0.1) is 5.41 Å². The minimum Gasteiger partial charge on any atom is -0.356 e. The molecule has 1 spiro atoms. The van der Waals surface area contributed by atoms with Crippen molar-refractivity contribution in [3.63, 3.8) is 0 Å². The second-order valence-electron chi connectivity index (χ2n) is 8.49. The number of benzene rings is 1. The molecule has 1 heterocycles.